The van der Waals surface area contributed by atoms with E-state index in [1.54, 1.807) is 0 Å². The highest BCUT2D eigenvalue weighted by Crippen LogP contribution is 2.29. The molecule has 0 aromatic carbocycles. The Hall–Kier alpha value is -0.620. The van der Waals surface area contributed by atoms with E-state index in [4.69, 9.17) is 0 Å². The van der Waals surface area contributed by atoms with E-state index >= 15 is 0 Å². The van der Waals surface area contributed by atoms with Gasteiger partial charge in [0.15, 0.2) is 0 Å². The van der Waals surface area contributed by atoms with Gasteiger partial charge in [-0.3, -0.25) is 4.79 Å². The molecule has 1 aliphatic heterocycles. The van der Waals surface area contributed by atoms with E-state index in [9.17, 15) is 13.2 Å². The molecule has 1 amide bonds. The van der Waals surface area contributed by atoms with E-state index < -0.39 is 10.0 Å². The molecule has 1 heterocycles. The molecular formula is C15H28N2O3S. The van der Waals surface area contributed by atoms with Crippen LogP contribution in [-0.2, 0) is 14.8 Å². The average molecular weight is 316 g/mol. The fraction of sp³-hybridized carbons (Fsp3) is 0.933. The SMILES string of the molecule is CC1CCC(N(C)C(=O)C2CCN(S(C)(=O)=O)CC2)CC1. The largest absolute Gasteiger partial charge is 0.343 e. The van der Waals surface area contributed by atoms with Crippen molar-refractivity contribution in [2.24, 2.45) is 11.8 Å². The lowest BCUT2D eigenvalue weighted by Crippen LogP contribution is -2.46. The molecule has 0 aromatic heterocycles. The summed E-state index contributed by atoms with van der Waals surface area (Å²) in [6.07, 6.45) is 7.16. The molecule has 6 heteroatoms. The van der Waals surface area contributed by atoms with Crippen molar-refractivity contribution in [2.75, 3.05) is 26.4 Å². The highest BCUT2D eigenvalue weighted by molar-refractivity contribution is 7.88. The van der Waals surface area contributed by atoms with E-state index in [-0.39, 0.29) is 11.8 Å². The van der Waals surface area contributed by atoms with Crippen LogP contribution in [0.4, 0.5) is 0 Å². The molecule has 0 radical (unpaired) electrons. The van der Waals surface area contributed by atoms with Crippen LogP contribution in [0.2, 0.25) is 0 Å². The number of rotatable bonds is 3. The van der Waals surface area contributed by atoms with Gasteiger partial charge in [-0.05, 0) is 44.4 Å². The maximum Gasteiger partial charge on any atom is 0.225 e. The number of piperidine rings is 1. The van der Waals surface area contributed by atoms with Crippen molar-refractivity contribution in [2.45, 2.75) is 51.5 Å². The van der Waals surface area contributed by atoms with Gasteiger partial charge < -0.3 is 4.90 Å². The summed E-state index contributed by atoms with van der Waals surface area (Å²) in [5.74, 6) is 0.984. The smallest absolute Gasteiger partial charge is 0.225 e. The Bertz CT molecular complexity index is 461. The van der Waals surface area contributed by atoms with Crippen molar-refractivity contribution >= 4 is 15.9 Å². The fourth-order valence-corrected chi connectivity index (χ4v) is 4.41. The molecule has 0 spiro atoms. The zero-order chi connectivity index (χ0) is 15.6. The van der Waals surface area contributed by atoms with E-state index in [0.29, 0.717) is 32.0 Å². The summed E-state index contributed by atoms with van der Waals surface area (Å²) in [7, 11) is -1.19. The summed E-state index contributed by atoms with van der Waals surface area (Å²) in [5.41, 5.74) is 0. The van der Waals surface area contributed by atoms with Crippen LogP contribution in [0.3, 0.4) is 0 Å². The molecule has 2 rings (SSSR count). The van der Waals surface area contributed by atoms with E-state index in [0.717, 1.165) is 18.8 Å². The molecule has 0 bridgehead atoms. The molecule has 2 aliphatic rings. The zero-order valence-electron chi connectivity index (χ0n) is 13.4. The van der Waals surface area contributed by atoms with Gasteiger partial charge in [-0.2, -0.15) is 0 Å². The van der Waals surface area contributed by atoms with Crippen molar-refractivity contribution in [3.8, 4) is 0 Å². The van der Waals surface area contributed by atoms with Crippen LogP contribution >= 0.6 is 0 Å². The quantitative estimate of drug-likeness (QED) is 0.796. The van der Waals surface area contributed by atoms with Crippen molar-refractivity contribution in [3.05, 3.63) is 0 Å². The third-order valence-electron chi connectivity index (χ3n) is 5.15. The van der Waals surface area contributed by atoms with Crippen LogP contribution in [0.25, 0.3) is 0 Å². The number of hydrogen-bond donors (Lipinski definition) is 0. The molecule has 1 aliphatic carbocycles. The Kier molecular flexibility index (Phi) is 5.30. The monoisotopic (exact) mass is 316 g/mol. The highest BCUT2D eigenvalue weighted by Gasteiger charge is 2.33. The van der Waals surface area contributed by atoms with E-state index in [1.807, 2.05) is 11.9 Å². The number of carbonyl (C=O) groups is 1. The summed E-state index contributed by atoms with van der Waals surface area (Å²) in [4.78, 5) is 14.5. The number of carbonyl (C=O) groups excluding carboxylic acids is 1. The number of amides is 1. The predicted octanol–water partition coefficient (Wildman–Crippen LogP) is 1.70. The van der Waals surface area contributed by atoms with Gasteiger partial charge in [-0.15, -0.1) is 0 Å². The third kappa shape index (κ3) is 4.19. The van der Waals surface area contributed by atoms with Gasteiger partial charge in [0.1, 0.15) is 0 Å². The third-order valence-corrected chi connectivity index (χ3v) is 6.46. The Balaban J connectivity index is 1.87. The Morgan fingerprint density at radius 2 is 1.57 bits per heavy atom. The van der Waals surface area contributed by atoms with Crippen LogP contribution in [-0.4, -0.2) is 56.0 Å². The van der Waals surface area contributed by atoms with Gasteiger partial charge in [0.25, 0.3) is 0 Å². The summed E-state index contributed by atoms with van der Waals surface area (Å²) >= 11 is 0. The maximum absolute atomic E-state index is 12.6. The van der Waals surface area contributed by atoms with Crippen LogP contribution in [0.15, 0.2) is 0 Å². The first-order valence-corrected chi connectivity index (χ1v) is 9.85. The van der Waals surface area contributed by atoms with Gasteiger partial charge in [0, 0.05) is 32.1 Å². The van der Waals surface area contributed by atoms with Gasteiger partial charge in [-0.25, -0.2) is 12.7 Å². The maximum atomic E-state index is 12.6. The molecule has 0 atom stereocenters. The van der Waals surface area contributed by atoms with Crippen molar-refractivity contribution < 1.29 is 13.2 Å². The summed E-state index contributed by atoms with van der Waals surface area (Å²) in [5, 5.41) is 0. The second-order valence-corrected chi connectivity index (χ2v) is 8.78. The second-order valence-electron chi connectivity index (χ2n) is 6.80. The predicted molar refractivity (Wildman–Crippen MR) is 83.3 cm³/mol. The minimum Gasteiger partial charge on any atom is -0.343 e. The molecular weight excluding hydrogens is 288 g/mol. The topological polar surface area (TPSA) is 57.7 Å². The van der Waals surface area contributed by atoms with Gasteiger partial charge >= 0.3 is 0 Å². The van der Waals surface area contributed by atoms with Gasteiger partial charge in [0.2, 0.25) is 15.9 Å². The van der Waals surface area contributed by atoms with Crippen molar-refractivity contribution in [1.82, 2.24) is 9.21 Å². The first kappa shape index (κ1) is 16.7. The number of nitrogens with zero attached hydrogens (tertiary/aromatic N) is 2. The standard InChI is InChI=1S/C15H28N2O3S/c1-12-4-6-14(7-5-12)16(2)15(18)13-8-10-17(11-9-13)21(3,19)20/h12-14H,4-11H2,1-3H3. The molecule has 0 unspecified atom stereocenters. The normalized spacial score (nSPS) is 29.3. The summed E-state index contributed by atoms with van der Waals surface area (Å²) in [6.45, 7) is 3.23. The Morgan fingerprint density at radius 3 is 2.05 bits per heavy atom. The van der Waals surface area contributed by atoms with Crippen LogP contribution in [0.5, 0.6) is 0 Å². The minimum absolute atomic E-state index is 0.00708. The summed E-state index contributed by atoms with van der Waals surface area (Å²) < 4.78 is 24.5. The van der Waals surface area contributed by atoms with Crippen molar-refractivity contribution in [1.29, 1.82) is 0 Å². The fourth-order valence-electron chi connectivity index (χ4n) is 3.53. The average Bonchev–Trinajstić information content (AvgIpc) is 2.46. The molecule has 21 heavy (non-hydrogen) atoms. The highest BCUT2D eigenvalue weighted by atomic mass is 32.2. The molecule has 5 nitrogen and oxygen atoms in total. The Labute approximate surface area is 128 Å². The van der Waals surface area contributed by atoms with E-state index in [2.05, 4.69) is 6.92 Å². The van der Waals surface area contributed by atoms with Crippen LogP contribution in [0.1, 0.15) is 45.4 Å². The first-order chi connectivity index (χ1) is 9.79. The lowest BCUT2D eigenvalue weighted by Gasteiger charge is -2.37. The number of hydrogen-bond acceptors (Lipinski definition) is 3. The van der Waals surface area contributed by atoms with Crippen LogP contribution < -0.4 is 0 Å². The number of sulfonamides is 1. The van der Waals surface area contributed by atoms with Gasteiger partial charge in [-0.1, -0.05) is 6.92 Å². The van der Waals surface area contributed by atoms with E-state index in [1.165, 1.54) is 23.4 Å². The van der Waals surface area contributed by atoms with Crippen LogP contribution in [0, 0.1) is 11.8 Å². The second kappa shape index (κ2) is 6.65. The molecule has 0 aromatic rings. The zero-order valence-corrected chi connectivity index (χ0v) is 14.2. The Morgan fingerprint density at radius 1 is 1.05 bits per heavy atom. The van der Waals surface area contributed by atoms with Crippen molar-refractivity contribution in [3.63, 3.8) is 0 Å². The van der Waals surface area contributed by atoms with Gasteiger partial charge in [0.05, 0.1) is 6.26 Å². The molecule has 1 saturated heterocycles. The lowest BCUT2D eigenvalue weighted by atomic mass is 9.86. The lowest BCUT2D eigenvalue weighted by molar-refractivity contribution is -0.138. The minimum atomic E-state index is -3.11. The molecule has 122 valence electrons. The molecule has 2 fully saturated rings. The first-order valence-electron chi connectivity index (χ1n) is 8.01. The summed E-state index contributed by atoms with van der Waals surface area (Å²) in [6, 6.07) is 0.377. The molecule has 1 saturated carbocycles. The molecule has 0 N–H and O–H groups in total.